The summed E-state index contributed by atoms with van der Waals surface area (Å²) in [6, 6.07) is 7.63. The molecule has 0 radical (unpaired) electrons. The Morgan fingerprint density at radius 3 is 2.48 bits per heavy atom. The third-order valence-corrected chi connectivity index (χ3v) is 4.71. The molecule has 4 nitrogen and oxygen atoms in total. The van der Waals surface area contributed by atoms with Gasteiger partial charge in [0.2, 0.25) is 0 Å². The maximum absolute atomic E-state index is 11.8. The summed E-state index contributed by atoms with van der Waals surface area (Å²) in [6.07, 6.45) is 5.63. The van der Waals surface area contributed by atoms with Gasteiger partial charge in [-0.15, -0.1) is 0 Å². The second-order valence-corrected chi connectivity index (χ2v) is 6.08. The van der Waals surface area contributed by atoms with E-state index in [2.05, 4.69) is 0 Å². The maximum atomic E-state index is 11.8. The van der Waals surface area contributed by atoms with Gasteiger partial charge in [0, 0.05) is 6.42 Å². The van der Waals surface area contributed by atoms with Gasteiger partial charge in [-0.2, -0.15) is 0 Å². The lowest BCUT2D eigenvalue weighted by molar-refractivity contribution is -0.145. The lowest BCUT2D eigenvalue weighted by atomic mass is 9.69. The van der Waals surface area contributed by atoms with Crippen LogP contribution in [-0.2, 0) is 14.9 Å². The summed E-state index contributed by atoms with van der Waals surface area (Å²) in [4.78, 5) is 11.8. The highest BCUT2D eigenvalue weighted by molar-refractivity contribution is 5.81. The zero-order chi connectivity index (χ0) is 14.7. The minimum atomic E-state index is -0.701. The monoisotopic (exact) mass is 290 g/mol. The van der Waals surface area contributed by atoms with Crippen LogP contribution in [0, 0.1) is 0 Å². The van der Waals surface area contributed by atoms with E-state index in [1.807, 2.05) is 24.3 Å². The summed E-state index contributed by atoms with van der Waals surface area (Å²) in [6.45, 7) is 1.39. The molecule has 0 spiro atoms. The van der Waals surface area contributed by atoms with E-state index >= 15 is 0 Å². The van der Waals surface area contributed by atoms with Crippen molar-refractivity contribution in [2.75, 3.05) is 13.2 Å². The number of carboxylic acid groups (broad SMARTS) is 1. The van der Waals surface area contributed by atoms with Gasteiger partial charge < -0.3 is 14.6 Å². The Kier molecular flexibility index (Phi) is 4.15. The fourth-order valence-electron chi connectivity index (χ4n) is 3.43. The largest absolute Gasteiger partial charge is 0.488 e. The van der Waals surface area contributed by atoms with E-state index in [0.29, 0.717) is 6.61 Å². The quantitative estimate of drug-likeness (QED) is 0.925. The van der Waals surface area contributed by atoms with Crippen LogP contribution in [0.3, 0.4) is 0 Å². The summed E-state index contributed by atoms with van der Waals surface area (Å²) in [5.74, 6) is 0.102. The molecule has 1 saturated heterocycles. The fourth-order valence-corrected chi connectivity index (χ4v) is 3.43. The third kappa shape index (κ3) is 2.91. The van der Waals surface area contributed by atoms with Crippen molar-refractivity contribution >= 4 is 5.97 Å². The standard InChI is InChI=1S/C17H22O4/c18-16(19)17(9-2-1-3-10-17)13-4-6-14(7-5-13)21-15-8-11-20-12-15/h4-7,15H,1-3,8-12H2,(H,18,19). The normalized spacial score (nSPS) is 24.7. The summed E-state index contributed by atoms with van der Waals surface area (Å²) < 4.78 is 11.1. The first-order chi connectivity index (χ1) is 10.2. The molecule has 1 unspecified atom stereocenters. The highest BCUT2D eigenvalue weighted by atomic mass is 16.5. The van der Waals surface area contributed by atoms with Crippen LogP contribution in [0.25, 0.3) is 0 Å². The molecule has 1 atom stereocenters. The molecular formula is C17H22O4. The van der Waals surface area contributed by atoms with Gasteiger partial charge in [0.25, 0.3) is 0 Å². The van der Waals surface area contributed by atoms with Crippen molar-refractivity contribution in [1.29, 1.82) is 0 Å². The van der Waals surface area contributed by atoms with Gasteiger partial charge in [0.05, 0.1) is 18.6 Å². The van der Waals surface area contributed by atoms with E-state index in [-0.39, 0.29) is 6.10 Å². The second kappa shape index (κ2) is 6.06. The molecule has 1 aliphatic heterocycles. The summed E-state index contributed by atoms with van der Waals surface area (Å²) >= 11 is 0. The molecule has 0 aromatic heterocycles. The summed E-state index contributed by atoms with van der Waals surface area (Å²) in [5, 5.41) is 9.69. The van der Waals surface area contributed by atoms with E-state index in [9.17, 15) is 9.90 Å². The first kappa shape index (κ1) is 14.4. The molecule has 1 aromatic rings. The first-order valence-electron chi connectivity index (χ1n) is 7.79. The molecule has 1 aromatic carbocycles. The van der Waals surface area contributed by atoms with Crippen LogP contribution < -0.4 is 4.74 Å². The van der Waals surface area contributed by atoms with Crippen molar-refractivity contribution in [2.24, 2.45) is 0 Å². The van der Waals surface area contributed by atoms with E-state index in [1.54, 1.807) is 0 Å². The highest BCUT2D eigenvalue weighted by Crippen LogP contribution is 2.40. The molecule has 1 aliphatic carbocycles. The Hall–Kier alpha value is -1.55. The third-order valence-electron chi connectivity index (χ3n) is 4.71. The van der Waals surface area contributed by atoms with Gasteiger partial charge in [0.1, 0.15) is 11.9 Å². The molecule has 0 bridgehead atoms. The van der Waals surface area contributed by atoms with Gasteiger partial charge in [0.15, 0.2) is 0 Å². The van der Waals surface area contributed by atoms with Crippen LogP contribution in [-0.4, -0.2) is 30.4 Å². The van der Waals surface area contributed by atoms with E-state index < -0.39 is 11.4 Å². The predicted molar refractivity (Wildman–Crippen MR) is 78.7 cm³/mol. The highest BCUT2D eigenvalue weighted by Gasteiger charge is 2.41. The van der Waals surface area contributed by atoms with Gasteiger partial charge in [-0.25, -0.2) is 0 Å². The number of hydrogen-bond donors (Lipinski definition) is 1. The van der Waals surface area contributed by atoms with Crippen molar-refractivity contribution < 1.29 is 19.4 Å². The topological polar surface area (TPSA) is 55.8 Å². The molecule has 114 valence electrons. The smallest absolute Gasteiger partial charge is 0.314 e. The predicted octanol–water partition coefficient (Wildman–Crippen LogP) is 3.14. The van der Waals surface area contributed by atoms with E-state index in [1.165, 1.54) is 0 Å². The minimum absolute atomic E-state index is 0.124. The van der Waals surface area contributed by atoms with Crippen molar-refractivity contribution in [3.05, 3.63) is 29.8 Å². The second-order valence-electron chi connectivity index (χ2n) is 6.08. The van der Waals surface area contributed by atoms with Crippen molar-refractivity contribution in [1.82, 2.24) is 0 Å². The molecule has 1 N–H and O–H groups in total. The van der Waals surface area contributed by atoms with Crippen molar-refractivity contribution in [2.45, 2.75) is 50.0 Å². The molecule has 21 heavy (non-hydrogen) atoms. The van der Waals surface area contributed by atoms with Gasteiger partial charge in [-0.3, -0.25) is 4.79 Å². The number of rotatable bonds is 4. The lowest BCUT2D eigenvalue weighted by Gasteiger charge is -2.33. The van der Waals surface area contributed by atoms with Crippen molar-refractivity contribution in [3.8, 4) is 5.75 Å². The molecular weight excluding hydrogens is 268 g/mol. The minimum Gasteiger partial charge on any atom is -0.488 e. The zero-order valence-corrected chi connectivity index (χ0v) is 12.2. The molecule has 2 fully saturated rings. The van der Waals surface area contributed by atoms with E-state index in [4.69, 9.17) is 9.47 Å². The van der Waals surface area contributed by atoms with Gasteiger partial charge in [-0.1, -0.05) is 31.4 Å². The molecule has 1 saturated carbocycles. The number of carboxylic acids is 1. The SMILES string of the molecule is O=C(O)C1(c2ccc(OC3CCOC3)cc2)CCCCC1. The zero-order valence-electron chi connectivity index (χ0n) is 12.2. The molecule has 2 aliphatic rings. The maximum Gasteiger partial charge on any atom is 0.314 e. The Bertz CT molecular complexity index is 482. The first-order valence-corrected chi connectivity index (χ1v) is 7.79. The lowest BCUT2D eigenvalue weighted by Crippen LogP contribution is -2.37. The average molecular weight is 290 g/mol. The fraction of sp³-hybridized carbons (Fsp3) is 0.588. The van der Waals surface area contributed by atoms with Crippen LogP contribution in [0.5, 0.6) is 5.75 Å². The molecule has 4 heteroatoms. The van der Waals surface area contributed by atoms with Crippen LogP contribution in [0.2, 0.25) is 0 Å². The van der Waals surface area contributed by atoms with Gasteiger partial charge in [-0.05, 0) is 30.5 Å². The van der Waals surface area contributed by atoms with Gasteiger partial charge >= 0.3 is 5.97 Å². The summed E-state index contributed by atoms with van der Waals surface area (Å²) in [7, 11) is 0. The molecule has 0 amide bonds. The Morgan fingerprint density at radius 1 is 1.19 bits per heavy atom. The number of carbonyl (C=O) groups is 1. The Balaban J connectivity index is 1.76. The number of aliphatic carboxylic acids is 1. The number of ether oxygens (including phenoxy) is 2. The Morgan fingerprint density at radius 2 is 1.90 bits per heavy atom. The molecule has 1 heterocycles. The summed E-state index contributed by atoms with van der Waals surface area (Å²) in [5.41, 5.74) is 0.206. The number of hydrogen-bond acceptors (Lipinski definition) is 3. The molecule has 3 rings (SSSR count). The van der Waals surface area contributed by atoms with Crippen LogP contribution in [0.1, 0.15) is 44.1 Å². The van der Waals surface area contributed by atoms with Crippen LogP contribution in [0.4, 0.5) is 0 Å². The average Bonchev–Trinajstić information content (AvgIpc) is 3.01. The number of benzene rings is 1. The van der Waals surface area contributed by atoms with Crippen LogP contribution in [0.15, 0.2) is 24.3 Å². The Labute approximate surface area is 125 Å². The van der Waals surface area contributed by atoms with E-state index in [0.717, 1.165) is 56.4 Å². The van der Waals surface area contributed by atoms with Crippen molar-refractivity contribution in [3.63, 3.8) is 0 Å². The van der Waals surface area contributed by atoms with Crippen LogP contribution >= 0.6 is 0 Å².